The Labute approximate surface area is 177 Å². The summed E-state index contributed by atoms with van der Waals surface area (Å²) >= 11 is 0. The summed E-state index contributed by atoms with van der Waals surface area (Å²) < 4.78 is 43.0. The molecule has 2 aromatic carbocycles. The third-order valence-electron chi connectivity index (χ3n) is 4.85. The van der Waals surface area contributed by atoms with Crippen molar-refractivity contribution in [3.8, 4) is 5.75 Å². The minimum Gasteiger partial charge on any atom is -0.493 e. The van der Waals surface area contributed by atoms with Crippen LogP contribution >= 0.6 is 0 Å². The van der Waals surface area contributed by atoms with Gasteiger partial charge in [-0.1, -0.05) is 24.3 Å². The maximum atomic E-state index is 13.7. The zero-order valence-corrected chi connectivity index (χ0v) is 18.1. The number of benzene rings is 2. The summed E-state index contributed by atoms with van der Waals surface area (Å²) in [6, 6.07) is 12.0. The second-order valence-electron chi connectivity index (χ2n) is 7.62. The summed E-state index contributed by atoms with van der Waals surface area (Å²) in [5.74, 6) is 1.51. The van der Waals surface area contributed by atoms with Gasteiger partial charge in [-0.15, -0.1) is 0 Å². The summed E-state index contributed by atoms with van der Waals surface area (Å²) in [6.07, 6.45) is 3.63. The number of nitrogens with one attached hydrogen (secondary N) is 2. The number of hydrogen-bond acceptors (Lipinski definition) is 4. The molecule has 0 aromatic heterocycles. The number of ether oxygens (including phenoxy) is 1. The van der Waals surface area contributed by atoms with E-state index in [-0.39, 0.29) is 12.3 Å². The predicted molar refractivity (Wildman–Crippen MR) is 117 cm³/mol. The third kappa shape index (κ3) is 7.02. The van der Waals surface area contributed by atoms with Crippen molar-refractivity contribution in [2.45, 2.75) is 31.7 Å². The largest absolute Gasteiger partial charge is 0.493 e. The first-order valence-electron chi connectivity index (χ1n) is 9.94. The number of aliphatic imine (C=N–C) groups is 1. The van der Waals surface area contributed by atoms with E-state index >= 15 is 0 Å². The van der Waals surface area contributed by atoms with Gasteiger partial charge in [0.2, 0.25) is 0 Å². The minimum absolute atomic E-state index is 0.137. The summed E-state index contributed by atoms with van der Waals surface area (Å²) in [4.78, 5) is 4.20. The van der Waals surface area contributed by atoms with E-state index in [9.17, 15) is 12.8 Å². The highest BCUT2D eigenvalue weighted by Crippen LogP contribution is 2.30. The monoisotopic (exact) mass is 433 g/mol. The van der Waals surface area contributed by atoms with E-state index in [1.54, 1.807) is 7.05 Å². The molecule has 0 bridgehead atoms. The number of hydrogen-bond donors (Lipinski definition) is 2. The maximum Gasteiger partial charge on any atom is 0.191 e. The molecule has 3 rings (SSSR count). The summed E-state index contributed by atoms with van der Waals surface area (Å²) in [5, 5.41) is 6.35. The lowest BCUT2D eigenvalue weighted by Gasteiger charge is -2.16. The van der Waals surface area contributed by atoms with Crippen molar-refractivity contribution in [3.05, 3.63) is 65.0 Å². The number of para-hydroxylation sites is 1. The molecule has 30 heavy (non-hydrogen) atoms. The van der Waals surface area contributed by atoms with E-state index in [1.165, 1.54) is 31.0 Å². The molecule has 6 nitrogen and oxygen atoms in total. The molecule has 8 heteroatoms. The second kappa shape index (κ2) is 9.93. The molecular weight excluding hydrogens is 405 g/mol. The van der Waals surface area contributed by atoms with Gasteiger partial charge in [0.1, 0.15) is 11.6 Å². The van der Waals surface area contributed by atoms with Gasteiger partial charge in [-0.05, 0) is 48.1 Å². The highest BCUT2D eigenvalue weighted by atomic mass is 32.2. The zero-order valence-electron chi connectivity index (χ0n) is 17.3. The van der Waals surface area contributed by atoms with Crippen molar-refractivity contribution in [2.75, 3.05) is 19.9 Å². The first-order valence-corrected chi connectivity index (χ1v) is 12.0. The molecule has 2 aromatic rings. The van der Waals surface area contributed by atoms with E-state index in [0.29, 0.717) is 29.5 Å². The van der Waals surface area contributed by atoms with Crippen molar-refractivity contribution >= 4 is 15.8 Å². The zero-order chi connectivity index (χ0) is 21.6. The number of nitrogens with zero attached hydrogens (tertiary/aromatic N) is 1. The fourth-order valence-corrected chi connectivity index (χ4v) is 3.89. The highest BCUT2D eigenvalue weighted by Gasteiger charge is 2.22. The lowest BCUT2D eigenvalue weighted by molar-refractivity contribution is 0.296. The van der Waals surface area contributed by atoms with Gasteiger partial charge >= 0.3 is 0 Å². The van der Waals surface area contributed by atoms with Gasteiger partial charge in [-0.25, -0.2) is 12.8 Å². The van der Waals surface area contributed by atoms with Crippen molar-refractivity contribution in [2.24, 2.45) is 10.9 Å². The Hall–Kier alpha value is -2.61. The van der Waals surface area contributed by atoms with E-state index in [0.717, 1.165) is 24.2 Å². The van der Waals surface area contributed by atoms with Crippen LogP contribution in [0, 0.1) is 11.7 Å². The molecule has 0 radical (unpaired) electrons. The Kier molecular flexibility index (Phi) is 7.31. The fourth-order valence-electron chi connectivity index (χ4n) is 3.04. The van der Waals surface area contributed by atoms with Crippen LogP contribution in [0.1, 0.15) is 29.5 Å². The van der Waals surface area contributed by atoms with Crippen LogP contribution in [-0.2, 0) is 28.7 Å². The Bertz CT molecular complexity index is 1000. The van der Waals surface area contributed by atoms with Crippen LogP contribution in [0.3, 0.4) is 0 Å². The highest BCUT2D eigenvalue weighted by molar-refractivity contribution is 7.89. The Morgan fingerprint density at radius 2 is 1.80 bits per heavy atom. The lowest BCUT2D eigenvalue weighted by atomic mass is 10.1. The molecule has 162 valence electrons. The summed E-state index contributed by atoms with van der Waals surface area (Å²) in [5.41, 5.74) is 2.17. The van der Waals surface area contributed by atoms with Gasteiger partial charge < -0.3 is 15.4 Å². The van der Waals surface area contributed by atoms with Crippen LogP contribution in [-0.4, -0.2) is 34.3 Å². The first kappa shape index (κ1) is 22.1. The number of guanidine groups is 1. The average Bonchev–Trinajstić information content (AvgIpc) is 3.52. The van der Waals surface area contributed by atoms with Crippen LogP contribution in [0.4, 0.5) is 4.39 Å². The van der Waals surface area contributed by atoms with E-state index in [1.807, 2.05) is 24.3 Å². The molecule has 0 spiro atoms. The number of halogens is 1. The third-order valence-corrected chi connectivity index (χ3v) is 5.68. The maximum absolute atomic E-state index is 13.7. The topological polar surface area (TPSA) is 79.8 Å². The molecular formula is C22H28FN3O3S. The Morgan fingerprint density at radius 1 is 1.10 bits per heavy atom. The molecule has 1 aliphatic carbocycles. The van der Waals surface area contributed by atoms with Crippen LogP contribution < -0.4 is 15.4 Å². The van der Waals surface area contributed by atoms with Crippen LogP contribution in [0.2, 0.25) is 0 Å². The molecule has 0 unspecified atom stereocenters. The van der Waals surface area contributed by atoms with Crippen LogP contribution in [0.5, 0.6) is 5.75 Å². The molecule has 2 N–H and O–H groups in total. The van der Waals surface area contributed by atoms with Crippen LogP contribution in [0.25, 0.3) is 0 Å². The van der Waals surface area contributed by atoms with Crippen molar-refractivity contribution in [1.29, 1.82) is 0 Å². The average molecular weight is 434 g/mol. The number of rotatable bonds is 9. The molecule has 0 aliphatic heterocycles. The van der Waals surface area contributed by atoms with Gasteiger partial charge in [0.25, 0.3) is 0 Å². The van der Waals surface area contributed by atoms with Crippen molar-refractivity contribution < 1.29 is 17.5 Å². The van der Waals surface area contributed by atoms with Gasteiger partial charge in [0.05, 0.1) is 12.4 Å². The molecule has 1 aliphatic rings. The van der Waals surface area contributed by atoms with Gasteiger partial charge in [-0.3, -0.25) is 4.99 Å². The molecule has 1 fully saturated rings. The van der Waals surface area contributed by atoms with Gasteiger partial charge in [0, 0.05) is 32.0 Å². The molecule has 0 atom stereocenters. The second-order valence-corrected chi connectivity index (χ2v) is 9.76. The molecule has 0 amide bonds. The molecule has 1 saturated carbocycles. The smallest absolute Gasteiger partial charge is 0.191 e. The summed E-state index contributed by atoms with van der Waals surface area (Å²) in [7, 11) is -1.58. The van der Waals surface area contributed by atoms with Gasteiger partial charge in [-0.2, -0.15) is 0 Å². The lowest BCUT2D eigenvalue weighted by Crippen LogP contribution is -2.36. The normalized spacial score (nSPS) is 14.4. The standard InChI is InChI=1S/C22H28FN3O3S/c1-24-22(25-12-17-5-3-4-6-21(17)29-14-16-7-8-16)26-13-19-11-20(23)10-9-18(19)15-30(2,27)28/h3-6,9-11,16H,7-8,12-15H2,1-2H3,(H2,24,25,26). The summed E-state index contributed by atoms with van der Waals surface area (Å²) in [6.45, 7) is 1.51. The molecule has 0 saturated heterocycles. The predicted octanol–water partition coefficient (Wildman–Crippen LogP) is 3.02. The van der Waals surface area contributed by atoms with Crippen molar-refractivity contribution in [1.82, 2.24) is 10.6 Å². The quantitative estimate of drug-likeness (QED) is 0.469. The minimum atomic E-state index is -3.22. The van der Waals surface area contributed by atoms with Crippen LogP contribution in [0.15, 0.2) is 47.5 Å². The van der Waals surface area contributed by atoms with E-state index in [4.69, 9.17) is 4.74 Å². The van der Waals surface area contributed by atoms with Crippen molar-refractivity contribution in [3.63, 3.8) is 0 Å². The van der Waals surface area contributed by atoms with E-state index in [2.05, 4.69) is 15.6 Å². The van der Waals surface area contributed by atoms with E-state index < -0.39 is 15.7 Å². The fraction of sp³-hybridized carbons (Fsp3) is 0.409. The van der Waals surface area contributed by atoms with Gasteiger partial charge in [0.15, 0.2) is 15.8 Å². The Balaban J connectivity index is 1.60. The first-order chi connectivity index (χ1) is 14.3. The number of sulfone groups is 1. The Morgan fingerprint density at radius 3 is 2.47 bits per heavy atom. The SMILES string of the molecule is CN=C(NCc1cc(F)ccc1CS(C)(=O)=O)NCc1ccccc1OCC1CC1. The molecule has 0 heterocycles.